The quantitative estimate of drug-likeness (QED) is 0.788. The molecule has 0 aromatic carbocycles. The minimum absolute atomic E-state index is 0.221. The van der Waals surface area contributed by atoms with E-state index in [0.29, 0.717) is 11.5 Å². The molecule has 24 heavy (non-hydrogen) atoms. The Balaban J connectivity index is 1.69. The van der Waals surface area contributed by atoms with E-state index in [1.807, 2.05) is 18.2 Å². The van der Waals surface area contributed by atoms with Gasteiger partial charge >= 0.3 is 0 Å². The number of anilines is 1. The highest BCUT2D eigenvalue weighted by molar-refractivity contribution is 7.92. The molecule has 0 radical (unpaired) electrons. The molecule has 0 bridgehead atoms. The number of rotatable bonds is 4. The van der Waals surface area contributed by atoms with Gasteiger partial charge in [-0.15, -0.1) is 5.10 Å². The molecule has 0 amide bonds. The molecule has 3 aromatic heterocycles. The second kappa shape index (κ2) is 5.62. The van der Waals surface area contributed by atoms with E-state index in [0.717, 1.165) is 31.2 Å². The highest BCUT2D eigenvalue weighted by Crippen LogP contribution is 2.36. The molecule has 3 heterocycles. The fourth-order valence-electron chi connectivity index (χ4n) is 3.35. The summed E-state index contributed by atoms with van der Waals surface area (Å²) in [5.41, 5.74) is 1.50. The summed E-state index contributed by atoms with van der Waals surface area (Å²) in [6.07, 6.45) is 7.59. The van der Waals surface area contributed by atoms with Crippen molar-refractivity contribution in [3.63, 3.8) is 0 Å². The van der Waals surface area contributed by atoms with Crippen molar-refractivity contribution in [2.24, 2.45) is 7.05 Å². The van der Waals surface area contributed by atoms with Crippen molar-refractivity contribution in [3.05, 3.63) is 42.4 Å². The summed E-state index contributed by atoms with van der Waals surface area (Å²) in [5, 5.41) is 8.67. The fourth-order valence-corrected chi connectivity index (χ4v) is 4.61. The molecule has 0 unspecified atom stereocenters. The molecule has 0 atom stereocenters. The van der Waals surface area contributed by atoms with Crippen LogP contribution in [0, 0.1) is 0 Å². The number of sulfonamides is 1. The molecule has 8 heteroatoms. The number of hydrogen-bond donors (Lipinski definition) is 1. The van der Waals surface area contributed by atoms with E-state index in [9.17, 15) is 8.42 Å². The van der Waals surface area contributed by atoms with Gasteiger partial charge in [-0.1, -0.05) is 18.9 Å². The second-order valence-electron chi connectivity index (χ2n) is 6.24. The topological polar surface area (TPSA) is 81.3 Å². The third kappa shape index (κ3) is 2.66. The molecule has 3 aromatic rings. The lowest BCUT2D eigenvalue weighted by atomic mass is 10.1. The molecule has 1 aliphatic rings. The lowest BCUT2D eigenvalue weighted by Crippen LogP contribution is -2.15. The van der Waals surface area contributed by atoms with Crippen molar-refractivity contribution < 1.29 is 8.42 Å². The van der Waals surface area contributed by atoms with Crippen LogP contribution in [0.3, 0.4) is 0 Å². The number of aryl methyl sites for hydroxylation is 1. The Morgan fingerprint density at radius 2 is 2.00 bits per heavy atom. The van der Waals surface area contributed by atoms with E-state index >= 15 is 0 Å². The maximum atomic E-state index is 12.9. The van der Waals surface area contributed by atoms with Crippen molar-refractivity contribution >= 4 is 21.4 Å². The van der Waals surface area contributed by atoms with Crippen LogP contribution in [-0.2, 0) is 17.1 Å². The summed E-state index contributed by atoms with van der Waals surface area (Å²) in [7, 11) is -1.97. The van der Waals surface area contributed by atoms with Crippen LogP contribution in [0.4, 0.5) is 5.82 Å². The largest absolute Gasteiger partial charge is 0.274 e. The summed E-state index contributed by atoms with van der Waals surface area (Å²) in [4.78, 5) is 0.258. The Morgan fingerprint density at radius 3 is 2.75 bits per heavy atom. The maximum Gasteiger partial charge on any atom is 0.266 e. The van der Waals surface area contributed by atoms with Crippen LogP contribution in [-0.4, -0.2) is 27.8 Å². The highest BCUT2D eigenvalue weighted by Gasteiger charge is 2.29. The molecule has 7 nitrogen and oxygen atoms in total. The van der Waals surface area contributed by atoms with Crippen LogP contribution >= 0.6 is 0 Å². The molecule has 126 valence electrons. The second-order valence-corrected chi connectivity index (χ2v) is 7.89. The van der Waals surface area contributed by atoms with Gasteiger partial charge in [0.25, 0.3) is 10.0 Å². The van der Waals surface area contributed by atoms with E-state index in [-0.39, 0.29) is 10.8 Å². The lowest BCUT2D eigenvalue weighted by molar-refractivity contribution is 0.595. The number of nitrogens with one attached hydrogen (secondary N) is 1. The molecule has 0 saturated heterocycles. The van der Waals surface area contributed by atoms with Gasteiger partial charge in [-0.05, 0) is 25.0 Å². The summed E-state index contributed by atoms with van der Waals surface area (Å²) in [5.74, 6) is 0.529. The molecular formula is C16H19N5O2S. The zero-order valence-electron chi connectivity index (χ0n) is 13.4. The van der Waals surface area contributed by atoms with Crippen molar-refractivity contribution in [3.8, 4) is 0 Å². The number of aromatic nitrogens is 4. The first-order valence-corrected chi connectivity index (χ1v) is 9.52. The third-order valence-corrected chi connectivity index (χ3v) is 5.83. The van der Waals surface area contributed by atoms with Gasteiger partial charge in [0.05, 0.1) is 11.2 Å². The van der Waals surface area contributed by atoms with Gasteiger partial charge in [-0.25, -0.2) is 12.9 Å². The zero-order valence-corrected chi connectivity index (χ0v) is 14.2. The number of nitrogens with zero attached hydrogens (tertiary/aromatic N) is 4. The molecular weight excluding hydrogens is 326 g/mol. The Kier molecular flexibility index (Phi) is 3.56. The maximum absolute atomic E-state index is 12.9. The minimum atomic E-state index is -3.72. The molecule has 0 aliphatic heterocycles. The molecule has 1 saturated carbocycles. The Hall–Kier alpha value is -2.35. The Bertz CT molecular complexity index is 950. The minimum Gasteiger partial charge on any atom is -0.274 e. The normalized spacial score (nSPS) is 16.0. The number of pyridine rings is 1. The summed E-state index contributed by atoms with van der Waals surface area (Å²) in [6.45, 7) is 0. The van der Waals surface area contributed by atoms with Gasteiger partial charge in [-0.2, -0.15) is 5.10 Å². The van der Waals surface area contributed by atoms with Crippen LogP contribution in [0.25, 0.3) is 5.52 Å². The Morgan fingerprint density at radius 1 is 1.21 bits per heavy atom. The fraction of sp³-hybridized carbons (Fsp3) is 0.375. The highest BCUT2D eigenvalue weighted by atomic mass is 32.2. The summed E-state index contributed by atoms with van der Waals surface area (Å²) >= 11 is 0. The van der Waals surface area contributed by atoms with E-state index in [1.165, 1.54) is 0 Å². The van der Waals surface area contributed by atoms with Crippen molar-refractivity contribution in [2.45, 2.75) is 36.5 Å². The van der Waals surface area contributed by atoms with Gasteiger partial charge in [0.1, 0.15) is 4.90 Å². The van der Waals surface area contributed by atoms with Crippen LogP contribution in [0.2, 0.25) is 0 Å². The van der Waals surface area contributed by atoms with E-state index in [2.05, 4.69) is 14.9 Å². The van der Waals surface area contributed by atoms with Crippen LogP contribution < -0.4 is 4.72 Å². The van der Waals surface area contributed by atoms with Crippen molar-refractivity contribution in [2.75, 3.05) is 4.72 Å². The number of fused-ring (bicyclic) bond motifs is 1. The first kappa shape index (κ1) is 15.2. The molecule has 1 aliphatic carbocycles. The van der Waals surface area contributed by atoms with Crippen molar-refractivity contribution in [1.82, 2.24) is 19.4 Å². The average Bonchev–Trinajstić information content (AvgIpc) is 3.24. The molecule has 0 spiro atoms. The van der Waals surface area contributed by atoms with Crippen LogP contribution in [0.5, 0.6) is 0 Å². The summed E-state index contributed by atoms with van der Waals surface area (Å²) in [6, 6.07) is 7.31. The SMILES string of the molecule is Cn1cc(S(=O)(=O)Nc2cc3ccccn3n2)c(C2CCCC2)n1. The average molecular weight is 345 g/mol. The lowest BCUT2D eigenvalue weighted by Gasteiger charge is -2.09. The van der Waals surface area contributed by atoms with E-state index < -0.39 is 10.0 Å². The first-order chi connectivity index (χ1) is 11.5. The van der Waals surface area contributed by atoms with Crippen molar-refractivity contribution in [1.29, 1.82) is 0 Å². The van der Waals surface area contributed by atoms with E-state index in [1.54, 1.807) is 34.7 Å². The van der Waals surface area contributed by atoms with E-state index in [4.69, 9.17) is 0 Å². The first-order valence-electron chi connectivity index (χ1n) is 8.04. The summed E-state index contributed by atoms with van der Waals surface area (Å²) < 4.78 is 31.5. The van der Waals surface area contributed by atoms with Gasteiger partial charge in [0.15, 0.2) is 5.82 Å². The predicted octanol–water partition coefficient (Wildman–Crippen LogP) is 2.53. The Labute approximate surface area is 140 Å². The van der Waals surface area contributed by atoms with Gasteiger partial charge in [0.2, 0.25) is 0 Å². The van der Waals surface area contributed by atoms with Crippen LogP contribution in [0.15, 0.2) is 41.6 Å². The monoisotopic (exact) mass is 345 g/mol. The molecule has 1 fully saturated rings. The predicted molar refractivity (Wildman–Crippen MR) is 90.4 cm³/mol. The van der Waals surface area contributed by atoms with Gasteiger partial charge in [-0.3, -0.25) is 9.40 Å². The zero-order chi connectivity index (χ0) is 16.7. The molecule has 1 N–H and O–H groups in total. The number of hydrogen-bond acceptors (Lipinski definition) is 4. The van der Waals surface area contributed by atoms with Gasteiger partial charge in [0, 0.05) is 31.4 Å². The van der Waals surface area contributed by atoms with Gasteiger partial charge < -0.3 is 0 Å². The third-order valence-electron chi connectivity index (χ3n) is 4.46. The standard InChI is InChI=1S/C16H19N5O2S/c1-20-11-14(16(18-20)12-6-2-3-7-12)24(22,23)19-15-10-13-8-4-5-9-21(13)17-15/h4-5,8-12H,2-3,6-7H2,1H3,(H,17,19). The molecule has 4 rings (SSSR count). The smallest absolute Gasteiger partial charge is 0.266 e. The van der Waals surface area contributed by atoms with Crippen LogP contribution in [0.1, 0.15) is 37.3 Å².